The summed E-state index contributed by atoms with van der Waals surface area (Å²) in [7, 11) is 0. The van der Waals surface area contributed by atoms with Crippen LogP contribution in [0.3, 0.4) is 0 Å². The molecular formula is C10H16N2S2. The Hall–Kier alpha value is -0.0600. The molecule has 78 valence electrons. The minimum atomic E-state index is 0.721. The number of rotatable bonds is 3. The van der Waals surface area contributed by atoms with Crippen molar-refractivity contribution in [2.45, 2.75) is 32.4 Å². The van der Waals surface area contributed by atoms with Crippen LogP contribution in [0.1, 0.15) is 23.5 Å². The van der Waals surface area contributed by atoms with Crippen molar-refractivity contribution in [3.05, 3.63) is 16.1 Å². The minimum Gasteiger partial charge on any atom is -0.308 e. The Morgan fingerprint density at radius 2 is 2.29 bits per heavy atom. The molecule has 0 radical (unpaired) electrons. The maximum absolute atomic E-state index is 4.45. The van der Waals surface area contributed by atoms with Crippen LogP contribution in [0.25, 0.3) is 0 Å². The summed E-state index contributed by atoms with van der Waals surface area (Å²) in [5.74, 6) is 2.63. The predicted octanol–water partition coefficient (Wildman–Crippen LogP) is 2.44. The van der Waals surface area contributed by atoms with Gasteiger partial charge in [0.1, 0.15) is 0 Å². The second-order valence-corrected chi connectivity index (χ2v) is 5.91. The van der Waals surface area contributed by atoms with Crippen LogP contribution < -0.4 is 5.32 Å². The molecule has 1 aromatic rings. The minimum absolute atomic E-state index is 0.721. The summed E-state index contributed by atoms with van der Waals surface area (Å²) in [6, 6.07) is 0.721. The van der Waals surface area contributed by atoms with Crippen LogP contribution in [0.15, 0.2) is 5.38 Å². The fourth-order valence-corrected chi connectivity index (χ4v) is 3.36. The first kappa shape index (κ1) is 10.5. The van der Waals surface area contributed by atoms with E-state index in [2.05, 4.69) is 34.4 Å². The lowest BCUT2D eigenvalue weighted by Crippen LogP contribution is -2.32. The maximum Gasteiger partial charge on any atom is 0.0897 e. The molecule has 0 spiro atoms. The third-order valence-corrected chi connectivity index (χ3v) is 4.33. The zero-order valence-electron chi connectivity index (χ0n) is 8.45. The lowest BCUT2D eigenvalue weighted by atomic mass is 10.1. The van der Waals surface area contributed by atoms with E-state index in [9.17, 15) is 0 Å². The van der Waals surface area contributed by atoms with Gasteiger partial charge in [-0.15, -0.1) is 11.3 Å². The average Bonchev–Trinajstić information content (AvgIpc) is 2.63. The summed E-state index contributed by atoms with van der Waals surface area (Å²) >= 11 is 3.81. The molecule has 1 fully saturated rings. The standard InChI is InChI=1S/C10H16N2S2/c1-8-12-10(7-14-8)6-11-9-2-4-13-5-3-9/h7,9,11H,2-6H2,1H3. The number of thioether (sulfide) groups is 1. The molecule has 0 bridgehead atoms. The van der Waals surface area contributed by atoms with Crippen molar-refractivity contribution in [3.63, 3.8) is 0 Å². The molecule has 0 aliphatic carbocycles. The van der Waals surface area contributed by atoms with Gasteiger partial charge in [0.05, 0.1) is 10.7 Å². The SMILES string of the molecule is Cc1nc(CNC2CCSCC2)cs1. The van der Waals surface area contributed by atoms with Gasteiger partial charge < -0.3 is 5.32 Å². The summed E-state index contributed by atoms with van der Waals surface area (Å²) in [6.45, 7) is 3.01. The number of aryl methyl sites for hydroxylation is 1. The van der Waals surface area contributed by atoms with Gasteiger partial charge in [-0.3, -0.25) is 0 Å². The van der Waals surface area contributed by atoms with E-state index >= 15 is 0 Å². The van der Waals surface area contributed by atoms with Crippen LogP contribution in [-0.2, 0) is 6.54 Å². The molecule has 2 rings (SSSR count). The Morgan fingerprint density at radius 1 is 1.50 bits per heavy atom. The smallest absolute Gasteiger partial charge is 0.0897 e. The zero-order chi connectivity index (χ0) is 9.80. The van der Waals surface area contributed by atoms with Gasteiger partial charge in [-0.25, -0.2) is 4.98 Å². The van der Waals surface area contributed by atoms with Crippen molar-refractivity contribution in [3.8, 4) is 0 Å². The molecule has 1 aliphatic rings. The summed E-state index contributed by atoms with van der Waals surface area (Å²) in [4.78, 5) is 4.45. The van der Waals surface area contributed by atoms with Gasteiger partial charge in [-0.1, -0.05) is 0 Å². The van der Waals surface area contributed by atoms with Gasteiger partial charge in [0.15, 0.2) is 0 Å². The molecule has 0 atom stereocenters. The van der Waals surface area contributed by atoms with E-state index in [0.29, 0.717) is 0 Å². The van der Waals surface area contributed by atoms with Crippen molar-refractivity contribution in [1.82, 2.24) is 10.3 Å². The molecule has 0 saturated carbocycles. The summed E-state index contributed by atoms with van der Waals surface area (Å²) in [5, 5.41) is 6.90. The number of nitrogens with zero attached hydrogens (tertiary/aromatic N) is 1. The van der Waals surface area contributed by atoms with E-state index in [1.54, 1.807) is 11.3 Å². The molecular weight excluding hydrogens is 212 g/mol. The molecule has 0 unspecified atom stereocenters. The number of hydrogen-bond acceptors (Lipinski definition) is 4. The number of thiazole rings is 1. The third-order valence-electron chi connectivity index (χ3n) is 2.46. The lowest BCUT2D eigenvalue weighted by Gasteiger charge is -2.22. The third kappa shape index (κ3) is 2.97. The highest BCUT2D eigenvalue weighted by Crippen LogP contribution is 2.17. The molecule has 2 heterocycles. The molecule has 14 heavy (non-hydrogen) atoms. The van der Waals surface area contributed by atoms with Gasteiger partial charge in [0.25, 0.3) is 0 Å². The average molecular weight is 228 g/mol. The highest BCUT2D eigenvalue weighted by molar-refractivity contribution is 7.99. The molecule has 1 aromatic heterocycles. The molecule has 0 amide bonds. The summed E-state index contributed by atoms with van der Waals surface area (Å²) in [6.07, 6.45) is 2.63. The van der Waals surface area contributed by atoms with E-state index in [-0.39, 0.29) is 0 Å². The Bertz CT molecular complexity index is 279. The van der Waals surface area contributed by atoms with E-state index in [4.69, 9.17) is 0 Å². The first-order valence-corrected chi connectivity index (χ1v) is 7.10. The Kier molecular flexibility index (Phi) is 3.84. The largest absolute Gasteiger partial charge is 0.308 e. The molecule has 0 aromatic carbocycles. The zero-order valence-corrected chi connectivity index (χ0v) is 10.1. The Labute approximate surface area is 93.5 Å². The quantitative estimate of drug-likeness (QED) is 0.860. The fourth-order valence-electron chi connectivity index (χ4n) is 1.64. The maximum atomic E-state index is 4.45. The molecule has 2 nitrogen and oxygen atoms in total. The Morgan fingerprint density at radius 3 is 2.93 bits per heavy atom. The second-order valence-electron chi connectivity index (χ2n) is 3.63. The number of hydrogen-bond donors (Lipinski definition) is 1. The first-order chi connectivity index (χ1) is 6.84. The van der Waals surface area contributed by atoms with Crippen molar-refractivity contribution < 1.29 is 0 Å². The van der Waals surface area contributed by atoms with E-state index in [1.165, 1.54) is 35.0 Å². The van der Waals surface area contributed by atoms with E-state index < -0.39 is 0 Å². The summed E-state index contributed by atoms with van der Waals surface area (Å²) in [5.41, 5.74) is 1.20. The topological polar surface area (TPSA) is 24.9 Å². The highest BCUT2D eigenvalue weighted by Gasteiger charge is 2.12. The molecule has 4 heteroatoms. The van der Waals surface area contributed by atoms with Gasteiger partial charge in [0, 0.05) is 18.0 Å². The van der Waals surface area contributed by atoms with Crippen molar-refractivity contribution in [2.75, 3.05) is 11.5 Å². The van der Waals surface area contributed by atoms with Gasteiger partial charge in [-0.05, 0) is 31.3 Å². The number of nitrogens with one attached hydrogen (secondary N) is 1. The predicted molar refractivity (Wildman–Crippen MR) is 64.0 cm³/mol. The molecule has 1 aliphatic heterocycles. The van der Waals surface area contributed by atoms with Crippen molar-refractivity contribution in [2.24, 2.45) is 0 Å². The first-order valence-electron chi connectivity index (χ1n) is 5.07. The highest BCUT2D eigenvalue weighted by atomic mass is 32.2. The normalized spacial score (nSPS) is 18.6. The van der Waals surface area contributed by atoms with Gasteiger partial charge >= 0.3 is 0 Å². The van der Waals surface area contributed by atoms with Crippen LogP contribution in [0.5, 0.6) is 0 Å². The Balaban J connectivity index is 1.76. The molecule has 1 N–H and O–H groups in total. The van der Waals surface area contributed by atoms with E-state index in [0.717, 1.165) is 12.6 Å². The van der Waals surface area contributed by atoms with Crippen LogP contribution in [-0.4, -0.2) is 22.5 Å². The van der Waals surface area contributed by atoms with Gasteiger partial charge in [-0.2, -0.15) is 11.8 Å². The second kappa shape index (κ2) is 5.14. The monoisotopic (exact) mass is 228 g/mol. The van der Waals surface area contributed by atoms with Crippen LogP contribution in [0.2, 0.25) is 0 Å². The van der Waals surface area contributed by atoms with Crippen molar-refractivity contribution >= 4 is 23.1 Å². The van der Waals surface area contributed by atoms with Crippen LogP contribution in [0, 0.1) is 6.92 Å². The molecule has 1 saturated heterocycles. The van der Waals surface area contributed by atoms with Crippen LogP contribution >= 0.6 is 23.1 Å². The van der Waals surface area contributed by atoms with Crippen molar-refractivity contribution in [1.29, 1.82) is 0 Å². The van der Waals surface area contributed by atoms with Gasteiger partial charge in [0.2, 0.25) is 0 Å². The van der Waals surface area contributed by atoms with Crippen LogP contribution in [0.4, 0.5) is 0 Å². The fraction of sp³-hybridized carbons (Fsp3) is 0.700. The number of aromatic nitrogens is 1. The van der Waals surface area contributed by atoms with E-state index in [1.807, 2.05) is 0 Å². The lowest BCUT2D eigenvalue weighted by molar-refractivity contribution is 0.479. The summed E-state index contributed by atoms with van der Waals surface area (Å²) < 4.78 is 0.